The molecule has 2 aliphatic carbocycles. The SMILES string of the molecule is c1ccc(-c2ccc(N(c3cccc4c3C3(c5ccccc5-c5ccccc5-c5ccccc53)c3ccccc3-4)c3cccc4oc5ccccc5c34)cc2)cc1. The van der Waals surface area contributed by atoms with Crippen LogP contribution in [0.5, 0.6) is 0 Å². The topological polar surface area (TPSA) is 16.4 Å². The summed E-state index contributed by atoms with van der Waals surface area (Å²) in [5.41, 5.74) is 19.4. The van der Waals surface area contributed by atoms with Gasteiger partial charge in [0.2, 0.25) is 0 Å². The number of para-hydroxylation sites is 1. The van der Waals surface area contributed by atoms with E-state index >= 15 is 0 Å². The van der Waals surface area contributed by atoms with E-state index in [-0.39, 0.29) is 0 Å². The monoisotopic (exact) mass is 725 g/mol. The summed E-state index contributed by atoms with van der Waals surface area (Å²) in [6, 6.07) is 77.8. The first-order valence-electron chi connectivity index (χ1n) is 19.7. The van der Waals surface area contributed by atoms with Crippen LogP contribution in [0.1, 0.15) is 22.3 Å². The highest BCUT2D eigenvalue weighted by Gasteiger charge is 2.51. The molecule has 0 N–H and O–H groups in total. The van der Waals surface area contributed by atoms with Gasteiger partial charge in [-0.05, 0) is 97.6 Å². The van der Waals surface area contributed by atoms with Crippen molar-refractivity contribution in [1.29, 1.82) is 0 Å². The minimum Gasteiger partial charge on any atom is -0.456 e. The summed E-state index contributed by atoms with van der Waals surface area (Å²) < 4.78 is 6.56. The second-order valence-corrected chi connectivity index (χ2v) is 15.1. The third kappa shape index (κ3) is 4.47. The summed E-state index contributed by atoms with van der Waals surface area (Å²) in [5, 5.41) is 2.19. The van der Waals surface area contributed by atoms with E-state index in [1.165, 1.54) is 66.8 Å². The average Bonchev–Trinajstić information content (AvgIpc) is 3.79. The van der Waals surface area contributed by atoms with E-state index in [0.29, 0.717) is 0 Å². The largest absolute Gasteiger partial charge is 0.456 e. The predicted molar refractivity (Wildman–Crippen MR) is 236 cm³/mol. The van der Waals surface area contributed by atoms with Gasteiger partial charge in [-0.3, -0.25) is 0 Å². The Bertz CT molecular complexity index is 3120. The molecule has 0 fully saturated rings. The summed E-state index contributed by atoms with van der Waals surface area (Å²) in [5.74, 6) is 0. The molecule has 0 saturated heterocycles. The minimum atomic E-state index is -0.649. The van der Waals surface area contributed by atoms with Gasteiger partial charge in [-0.1, -0.05) is 176 Å². The van der Waals surface area contributed by atoms with Gasteiger partial charge in [0.25, 0.3) is 0 Å². The van der Waals surface area contributed by atoms with Gasteiger partial charge in [0.15, 0.2) is 0 Å². The van der Waals surface area contributed by atoms with Crippen LogP contribution in [-0.2, 0) is 5.41 Å². The Morgan fingerprint density at radius 1 is 0.333 bits per heavy atom. The number of nitrogens with zero attached hydrogens (tertiary/aromatic N) is 1. The van der Waals surface area contributed by atoms with Crippen molar-refractivity contribution in [3.8, 4) is 44.5 Å². The third-order valence-corrected chi connectivity index (χ3v) is 12.3. The van der Waals surface area contributed by atoms with E-state index in [9.17, 15) is 0 Å². The Morgan fingerprint density at radius 2 is 0.807 bits per heavy atom. The lowest BCUT2D eigenvalue weighted by Crippen LogP contribution is -2.31. The fraction of sp³-hybridized carbons (Fsp3) is 0.0182. The summed E-state index contributed by atoms with van der Waals surface area (Å²) >= 11 is 0. The first-order chi connectivity index (χ1) is 28.3. The Hall–Kier alpha value is -7.42. The molecule has 1 spiro atoms. The van der Waals surface area contributed by atoms with Gasteiger partial charge in [-0.15, -0.1) is 0 Å². The first kappa shape index (κ1) is 31.9. The highest BCUT2D eigenvalue weighted by atomic mass is 16.3. The molecular weight excluding hydrogens is 691 g/mol. The van der Waals surface area contributed by atoms with E-state index < -0.39 is 5.41 Å². The van der Waals surface area contributed by atoms with Crippen molar-refractivity contribution in [3.05, 3.63) is 235 Å². The van der Waals surface area contributed by atoms with E-state index in [1.807, 2.05) is 0 Å². The zero-order valence-corrected chi connectivity index (χ0v) is 31.1. The van der Waals surface area contributed by atoms with Gasteiger partial charge in [0.1, 0.15) is 11.2 Å². The lowest BCUT2D eigenvalue weighted by atomic mass is 9.65. The van der Waals surface area contributed by atoms with Crippen LogP contribution in [0.15, 0.2) is 217 Å². The van der Waals surface area contributed by atoms with Gasteiger partial charge < -0.3 is 9.32 Å². The molecule has 2 nitrogen and oxygen atoms in total. The Balaban J connectivity index is 1.23. The maximum absolute atomic E-state index is 6.56. The number of hydrogen-bond acceptors (Lipinski definition) is 2. The molecule has 0 amide bonds. The molecule has 57 heavy (non-hydrogen) atoms. The quantitative estimate of drug-likeness (QED) is 0.180. The van der Waals surface area contributed by atoms with Crippen molar-refractivity contribution in [2.75, 3.05) is 4.90 Å². The Labute approximate surface area is 331 Å². The summed E-state index contributed by atoms with van der Waals surface area (Å²) in [7, 11) is 0. The minimum absolute atomic E-state index is 0.649. The predicted octanol–water partition coefficient (Wildman–Crippen LogP) is 14.7. The molecule has 2 heteroatoms. The van der Waals surface area contributed by atoms with Gasteiger partial charge in [-0.2, -0.15) is 0 Å². The highest BCUT2D eigenvalue weighted by molar-refractivity contribution is 6.14. The Kier molecular flexibility index (Phi) is 6.88. The van der Waals surface area contributed by atoms with Crippen LogP contribution in [0, 0.1) is 0 Å². The number of benzene rings is 9. The van der Waals surface area contributed by atoms with Gasteiger partial charge >= 0.3 is 0 Å². The fourth-order valence-electron chi connectivity index (χ4n) is 10.1. The van der Waals surface area contributed by atoms with Crippen LogP contribution in [0.25, 0.3) is 66.4 Å². The lowest BCUT2D eigenvalue weighted by Gasteiger charge is -2.39. The molecule has 0 bridgehead atoms. The molecule has 0 atom stereocenters. The molecule has 1 heterocycles. The van der Waals surface area contributed by atoms with Crippen molar-refractivity contribution in [3.63, 3.8) is 0 Å². The second kappa shape index (κ2) is 12.3. The van der Waals surface area contributed by atoms with E-state index in [2.05, 4.69) is 217 Å². The van der Waals surface area contributed by atoms with Crippen LogP contribution < -0.4 is 4.90 Å². The first-order valence-corrected chi connectivity index (χ1v) is 19.7. The number of hydrogen-bond donors (Lipinski definition) is 0. The van der Waals surface area contributed by atoms with Crippen molar-refractivity contribution in [2.45, 2.75) is 5.41 Å². The van der Waals surface area contributed by atoms with Crippen molar-refractivity contribution >= 4 is 39.0 Å². The van der Waals surface area contributed by atoms with Crippen LogP contribution in [0.2, 0.25) is 0 Å². The lowest BCUT2D eigenvalue weighted by molar-refractivity contribution is 0.669. The standard InChI is InChI=1S/C55H35NO/c1-2-16-36(17-3-1)37-32-34-38(35-33-37)56(49-28-15-31-52-53(49)45-23-9-13-30-51(45)57-52)50-29-14-24-44-43-22-8-12-27-48(43)55(54(44)50)46-25-10-6-20-41(46)39-18-4-5-19-40(39)42-21-7-11-26-47(42)55/h1-35H. The van der Waals surface area contributed by atoms with E-state index in [0.717, 1.165) is 39.0 Å². The summed E-state index contributed by atoms with van der Waals surface area (Å²) in [4.78, 5) is 2.49. The zero-order chi connectivity index (χ0) is 37.5. The highest BCUT2D eigenvalue weighted by Crippen LogP contribution is 2.64. The van der Waals surface area contributed by atoms with Gasteiger partial charge in [-0.25, -0.2) is 0 Å². The maximum Gasteiger partial charge on any atom is 0.137 e. The molecular formula is C55H35NO. The molecule has 0 radical (unpaired) electrons. The molecule has 0 aliphatic heterocycles. The Morgan fingerprint density at radius 3 is 1.47 bits per heavy atom. The van der Waals surface area contributed by atoms with E-state index in [4.69, 9.17) is 4.42 Å². The summed E-state index contributed by atoms with van der Waals surface area (Å²) in [6.07, 6.45) is 0. The van der Waals surface area contributed by atoms with Crippen LogP contribution >= 0.6 is 0 Å². The second-order valence-electron chi connectivity index (χ2n) is 15.1. The van der Waals surface area contributed by atoms with Crippen molar-refractivity contribution in [2.24, 2.45) is 0 Å². The maximum atomic E-state index is 6.56. The molecule has 10 aromatic rings. The zero-order valence-electron chi connectivity index (χ0n) is 31.1. The number of anilines is 3. The van der Waals surface area contributed by atoms with Crippen LogP contribution in [-0.4, -0.2) is 0 Å². The summed E-state index contributed by atoms with van der Waals surface area (Å²) in [6.45, 7) is 0. The van der Waals surface area contributed by atoms with Crippen molar-refractivity contribution in [1.82, 2.24) is 0 Å². The van der Waals surface area contributed by atoms with Crippen LogP contribution in [0.3, 0.4) is 0 Å². The van der Waals surface area contributed by atoms with Crippen molar-refractivity contribution < 1.29 is 4.42 Å². The fourth-order valence-corrected chi connectivity index (χ4v) is 10.1. The van der Waals surface area contributed by atoms with E-state index in [1.54, 1.807) is 0 Å². The van der Waals surface area contributed by atoms with Gasteiger partial charge in [0.05, 0.1) is 22.2 Å². The third-order valence-electron chi connectivity index (χ3n) is 12.3. The number of fused-ring (bicyclic) bond motifs is 15. The van der Waals surface area contributed by atoms with Gasteiger partial charge in [0, 0.05) is 16.6 Å². The number of furan rings is 1. The molecule has 0 saturated carbocycles. The molecule has 12 rings (SSSR count). The van der Waals surface area contributed by atoms with Crippen LogP contribution in [0.4, 0.5) is 17.1 Å². The smallest absolute Gasteiger partial charge is 0.137 e. The molecule has 0 unspecified atom stereocenters. The number of rotatable bonds is 4. The molecule has 9 aromatic carbocycles. The molecule has 2 aliphatic rings. The average molecular weight is 726 g/mol. The molecule has 266 valence electrons. The molecule has 1 aromatic heterocycles. The normalized spacial score (nSPS) is 13.1.